The van der Waals surface area contributed by atoms with Gasteiger partial charge in [0, 0.05) is 17.4 Å². The summed E-state index contributed by atoms with van der Waals surface area (Å²) in [7, 11) is 0. The summed E-state index contributed by atoms with van der Waals surface area (Å²) in [4.78, 5) is 14.9. The number of ether oxygens (including phenoxy) is 1. The fourth-order valence-electron chi connectivity index (χ4n) is 1.66. The molecular formula is C16H11F3N2O2. The van der Waals surface area contributed by atoms with Gasteiger partial charge in [-0.3, -0.25) is 9.78 Å². The van der Waals surface area contributed by atoms with Crippen molar-refractivity contribution in [3.63, 3.8) is 0 Å². The van der Waals surface area contributed by atoms with Crippen LogP contribution in [0.1, 0.15) is 11.3 Å². The lowest BCUT2D eigenvalue weighted by atomic mass is 10.2. The Morgan fingerprint density at radius 3 is 2.57 bits per heavy atom. The number of aromatic nitrogens is 1. The van der Waals surface area contributed by atoms with Crippen LogP contribution < -0.4 is 10.1 Å². The summed E-state index contributed by atoms with van der Waals surface area (Å²) in [5, 5.41) is 2.31. The molecule has 0 atom stereocenters. The van der Waals surface area contributed by atoms with Crippen LogP contribution in [0.25, 0.3) is 0 Å². The average Bonchev–Trinajstić information content (AvgIpc) is 2.53. The summed E-state index contributed by atoms with van der Waals surface area (Å²) >= 11 is 0. The van der Waals surface area contributed by atoms with Crippen molar-refractivity contribution in [2.75, 3.05) is 11.9 Å². The zero-order valence-electron chi connectivity index (χ0n) is 11.7. The first-order valence-corrected chi connectivity index (χ1v) is 6.41. The Balaban J connectivity index is 1.93. The van der Waals surface area contributed by atoms with Gasteiger partial charge in [-0.1, -0.05) is 5.92 Å². The molecule has 1 aromatic heterocycles. The molecule has 0 radical (unpaired) electrons. The maximum atomic E-state index is 12.5. The van der Waals surface area contributed by atoms with Crippen LogP contribution in [-0.2, 0) is 11.0 Å². The molecule has 1 N–H and O–H groups in total. The number of halogens is 3. The molecule has 2 rings (SSSR count). The van der Waals surface area contributed by atoms with Crippen LogP contribution in [0.2, 0.25) is 0 Å². The van der Waals surface area contributed by atoms with Gasteiger partial charge in [0.2, 0.25) is 0 Å². The van der Waals surface area contributed by atoms with Gasteiger partial charge in [-0.2, -0.15) is 13.2 Å². The monoisotopic (exact) mass is 320 g/mol. The molecule has 2 aromatic rings. The van der Waals surface area contributed by atoms with Gasteiger partial charge in [-0.15, -0.1) is 6.42 Å². The lowest BCUT2D eigenvalue weighted by Crippen LogP contribution is -2.20. The maximum Gasteiger partial charge on any atom is 0.433 e. The smallest absolute Gasteiger partial charge is 0.433 e. The van der Waals surface area contributed by atoms with Crippen LogP contribution in [0, 0.1) is 12.3 Å². The number of alkyl halides is 3. The standard InChI is InChI=1S/C16H11F3N2O2/c1-2-11-3-5-13(6-4-11)23-10-15(22)21-12-7-8-20-14(9-12)16(17,18)19/h1,3-9H,10H2,(H,20,21,22). The molecule has 1 amide bonds. The summed E-state index contributed by atoms with van der Waals surface area (Å²) < 4.78 is 42.8. The zero-order valence-corrected chi connectivity index (χ0v) is 11.7. The predicted octanol–water partition coefficient (Wildman–Crippen LogP) is 3.10. The minimum atomic E-state index is -4.57. The minimum Gasteiger partial charge on any atom is -0.484 e. The van der Waals surface area contributed by atoms with Crippen LogP contribution >= 0.6 is 0 Å². The highest BCUT2D eigenvalue weighted by molar-refractivity contribution is 5.91. The fraction of sp³-hybridized carbons (Fsp3) is 0.125. The van der Waals surface area contributed by atoms with Crippen LogP contribution in [0.5, 0.6) is 5.75 Å². The second-order valence-electron chi connectivity index (χ2n) is 4.43. The highest BCUT2D eigenvalue weighted by Crippen LogP contribution is 2.28. The molecule has 0 aliphatic rings. The number of hydrogen-bond acceptors (Lipinski definition) is 3. The van der Waals surface area contributed by atoms with Crippen LogP contribution in [0.15, 0.2) is 42.6 Å². The van der Waals surface area contributed by atoms with Crippen LogP contribution in [0.4, 0.5) is 18.9 Å². The fourth-order valence-corrected chi connectivity index (χ4v) is 1.66. The molecule has 23 heavy (non-hydrogen) atoms. The first kappa shape index (κ1) is 16.4. The van der Waals surface area contributed by atoms with E-state index in [1.165, 1.54) is 6.07 Å². The van der Waals surface area contributed by atoms with Crippen molar-refractivity contribution in [2.24, 2.45) is 0 Å². The third-order valence-corrected chi connectivity index (χ3v) is 2.73. The summed E-state index contributed by atoms with van der Waals surface area (Å²) in [6.07, 6.45) is 1.61. The van der Waals surface area contributed by atoms with E-state index in [9.17, 15) is 18.0 Å². The first-order chi connectivity index (χ1) is 10.9. The van der Waals surface area contributed by atoms with Crippen LogP contribution in [-0.4, -0.2) is 17.5 Å². The van der Waals surface area contributed by atoms with Crippen molar-refractivity contribution in [1.29, 1.82) is 0 Å². The summed E-state index contributed by atoms with van der Waals surface area (Å²) in [5.74, 6) is 2.27. The maximum absolute atomic E-state index is 12.5. The van der Waals surface area contributed by atoms with Gasteiger partial charge in [0.05, 0.1) is 0 Å². The highest BCUT2D eigenvalue weighted by atomic mass is 19.4. The van der Waals surface area contributed by atoms with Crippen LogP contribution in [0.3, 0.4) is 0 Å². The van der Waals surface area contributed by atoms with Gasteiger partial charge < -0.3 is 10.1 Å². The van der Waals surface area contributed by atoms with Crippen molar-refractivity contribution in [3.05, 3.63) is 53.9 Å². The third kappa shape index (κ3) is 4.74. The Hall–Kier alpha value is -3.01. The molecule has 0 saturated carbocycles. The number of nitrogens with one attached hydrogen (secondary N) is 1. The van der Waals surface area contributed by atoms with Gasteiger partial charge in [0.15, 0.2) is 6.61 Å². The molecule has 118 valence electrons. The lowest BCUT2D eigenvalue weighted by molar-refractivity contribution is -0.141. The quantitative estimate of drug-likeness (QED) is 0.881. The summed E-state index contributed by atoms with van der Waals surface area (Å²) in [6, 6.07) is 8.49. The highest BCUT2D eigenvalue weighted by Gasteiger charge is 2.32. The Bertz CT molecular complexity index is 734. The molecule has 0 spiro atoms. The van der Waals surface area contributed by atoms with E-state index in [-0.39, 0.29) is 12.3 Å². The van der Waals surface area contributed by atoms with Crippen molar-refractivity contribution < 1.29 is 22.7 Å². The normalized spacial score (nSPS) is 10.7. The second-order valence-corrected chi connectivity index (χ2v) is 4.43. The number of carbonyl (C=O) groups is 1. The second kappa shape index (κ2) is 6.83. The van der Waals surface area contributed by atoms with Gasteiger partial charge in [-0.05, 0) is 36.4 Å². The largest absolute Gasteiger partial charge is 0.484 e. The first-order valence-electron chi connectivity index (χ1n) is 6.41. The summed E-state index contributed by atoms with van der Waals surface area (Å²) in [6.45, 7) is -0.348. The Morgan fingerprint density at radius 1 is 1.26 bits per heavy atom. The number of hydrogen-bond donors (Lipinski definition) is 1. The molecule has 7 heteroatoms. The molecule has 4 nitrogen and oxygen atoms in total. The van der Waals surface area contributed by atoms with Crippen molar-refractivity contribution >= 4 is 11.6 Å². The SMILES string of the molecule is C#Cc1ccc(OCC(=O)Nc2ccnc(C(F)(F)F)c2)cc1. The number of rotatable bonds is 4. The number of terminal acetylenes is 1. The van der Waals surface area contributed by atoms with Gasteiger partial charge in [0.1, 0.15) is 11.4 Å². The molecule has 0 aliphatic carbocycles. The Morgan fingerprint density at radius 2 is 1.96 bits per heavy atom. The third-order valence-electron chi connectivity index (χ3n) is 2.73. The zero-order chi connectivity index (χ0) is 16.9. The number of carbonyl (C=O) groups excluding carboxylic acids is 1. The minimum absolute atomic E-state index is 0.0106. The molecule has 0 aliphatic heterocycles. The average molecular weight is 320 g/mol. The van der Waals surface area contributed by atoms with E-state index in [4.69, 9.17) is 11.2 Å². The number of nitrogens with zero attached hydrogens (tertiary/aromatic N) is 1. The molecule has 0 unspecified atom stereocenters. The Kier molecular flexibility index (Phi) is 4.86. The molecule has 1 heterocycles. The number of pyridine rings is 1. The van der Waals surface area contributed by atoms with Gasteiger partial charge in [-0.25, -0.2) is 0 Å². The molecule has 0 bridgehead atoms. The Labute approximate surface area is 130 Å². The number of anilines is 1. The number of amides is 1. The van der Waals surface area contributed by atoms with E-state index in [1.54, 1.807) is 24.3 Å². The predicted molar refractivity (Wildman–Crippen MR) is 77.7 cm³/mol. The van der Waals surface area contributed by atoms with E-state index in [2.05, 4.69) is 16.2 Å². The van der Waals surface area contributed by atoms with E-state index in [0.29, 0.717) is 11.3 Å². The van der Waals surface area contributed by atoms with Crippen molar-refractivity contribution in [3.8, 4) is 18.1 Å². The molecule has 0 saturated heterocycles. The van der Waals surface area contributed by atoms with Gasteiger partial charge in [0.25, 0.3) is 5.91 Å². The van der Waals surface area contributed by atoms with E-state index >= 15 is 0 Å². The van der Waals surface area contributed by atoms with Gasteiger partial charge >= 0.3 is 6.18 Å². The number of benzene rings is 1. The topological polar surface area (TPSA) is 51.2 Å². The molecule has 1 aromatic carbocycles. The van der Waals surface area contributed by atoms with E-state index in [0.717, 1.165) is 12.3 Å². The lowest BCUT2D eigenvalue weighted by Gasteiger charge is -2.10. The molecular weight excluding hydrogens is 309 g/mol. The van der Waals surface area contributed by atoms with Crippen molar-refractivity contribution in [2.45, 2.75) is 6.18 Å². The van der Waals surface area contributed by atoms with E-state index < -0.39 is 17.8 Å². The van der Waals surface area contributed by atoms with Crippen molar-refractivity contribution in [1.82, 2.24) is 4.98 Å². The summed E-state index contributed by atoms with van der Waals surface area (Å²) in [5.41, 5.74) is -0.428. The molecule has 0 fully saturated rings. The van der Waals surface area contributed by atoms with E-state index in [1.807, 2.05) is 0 Å².